The van der Waals surface area contributed by atoms with Crippen LogP contribution < -0.4 is 0 Å². The number of halogens is 3. The van der Waals surface area contributed by atoms with Gasteiger partial charge in [-0.05, 0) is 68.4 Å². The fraction of sp³-hybridized carbons (Fsp3) is 0.697. The molecule has 42 heavy (non-hydrogen) atoms. The zero-order valence-electron chi connectivity index (χ0n) is 24.2. The maximum atomic E-state index is 13.2. The maximum absolute atomic E-state index is 13.2. The van der Waals surface area contributed by atoms with E-state index < -0.39 is 34.4 Å². The summed E-state index contributed by atoms with van der Waals surface area (Å²) in [6.07, 6.45) is -0.558. The summed E-state index contributed by atoms with van der Waals surface area (Å²) in [5, 5.41) is 24.0. The van der Waals surface area contributed by atoms with Gasteiger partial charge in [0.25, 0.3) is 0 Å². The van der Waals surface area contributed by atoms with Crippen LogP contribution in [0.4, 0.5) is 13.2 Å². The van der Waals surface area contributed by atoms with Gasteiger partial charge in [0, 0.05) is 35.7 Å². The highest BCUT2D eigenvalue weighted by atomic mass is 19.4. The molecule has 0 unspecified atom stereocenters. The summed E-state index contributed by atoms with van der Waals surface area (Å²) in [5.74, 6) is 1.92. The zero-order valence-corrected chi connectivity index (χ0v) is 24.2. The summed E-state index contributed by atoms with van der Waals surface area (Å²) >= 11 is 0. The van der Waals surface area contributed by atoms with E-state index >= 15 is 0 Å². The van der Waals surface area contributed by atoms with Crippen LogP contribution in [0.5, 0.6) is 0 Å². The first-order valence-corrected chi connectivity index (χ1v) is 15.2. The Kier molecular flexibility index (Phi) is 6.54. The smallest absolute Gasteiger partial charge is 0.385 e. The molecule has 0 aromatic heterocycles. The van der Waals surface area contributed by atoms with Crippen molar-refractivity contribution in [2.75, 3.05) is 26.4 Å². The number of hydrogen-bond acceptors (Lipinski definition) is 6. The first kappa shape index (κ1) is 28.8. The molecule has 5 fully saturated rings. The SMILES string of the molecule is CC1(c2ccc([C@H]3C[C@@]4(C)[C@@H](CC[C@@]4(O)C#CC(F)(F)F)[C@@H]4CC[C@@]5(O)CC6(CCC5=C43)OCCO6)cc2)OCCO1. The van der Waals surface area contributed by atoms with E-state index in [9.17, 15) is 23.4 Å². The lowest BCUT2D eigenvalue weighted by Gasteiger charge is -2.57. The predicted molar refractivity (Wildman–Crippen MR) is 146 cm³/mol. The van der Waals surface area contributed by atoms with Crippen LogP contribution in [0.1, 0.15) is 82.3 Å². The highest BCUT2D eigenvalue weighted by molar-refractivity contribution is 5.45. The van der Waals surface area contributed by atoms with Crippen LogP contribution in [-0.2, 0) is 24.7 Å². The number of aliphatic hydroxyl groups is 2. The Morgan fingerprint density at radius 3 is 2.21 bits per heavy atom. The molecular weight excluding hydrogens is 549 g/mol. The van der Waals surface area contributed by atoms with Gasteiger partial charge < -0.3 is 29.2 Å². The Labute approximate surface area is 244 Å². The number of alkyl halides is 3. The van der Waals surface area contributed by atoms with Gasteiger partial charge in [-0.1, -0.05) is 42.7 Å². The third-order valence-corrected chi connectivity index (χ3v) is 11.5. The normalized spacial score (nSPS) is 40.3. The van der Waals surface area contributed by atoms with Gasteiger partial charge in [0.1, 0.15) is 5.60 Å². The molecule has 2 heterocycles. The number of benzene rings is 1. The molecule has 1 spiro atoms. The van der Waals surface area contributed by atoms with Crippen LogP contribution in [-0.4, -0.2) is 59.8 Å². The Bertz CT molecular complexity index is 1330. The van der Waals surface area contributed by atoms with E-state index in [0.717, 1.165) is 16.7 Å². The Balaban J connectivity index is 1.33. The molecule has 2 aliphatic heterocycles. The quantitative estimate of drug-likeness (QED) is 0.353. The van der Waals surface area contributed by atoms with Gasteiger partial charge in [-0.25, -0.2) is 0 Å². The molecule has 1 aromatic rings. The summed E-state index contributed by atoms with van der Waals surface area (Å²) in [4.78, 5) is 0. The molecule has 7 rings (SSSR count). The maximum Gasteiger partial charge on any atom is 0.457 e. The average molecular weight is 589 g/mol. The highest BCUT2D eigenvalue weighted by Gasteiger charge is 2.64. The Morgan fingerprint density at radius 1 is 0.881 bits per heavy atom. The molecule has 6 nitrogen and oxygen atoms in total. The number of fused-ring (bicyclic) bond motifs is 4. The summed E-state index contributed by atoms with van der Waals surface area (Å²) < 4.78 is 63.4. The zero-order chi connectivity index (χ0) is 29.6. The van der Waals surface area contributed by atoms with E-state index in [1.165, 1.54) is 11.5 Å². The molecule has 0 bridgehead atoms. The molecule has 228 valence electrons. The number of hydrogen-bond donors (Lipinski definition) is 2. The average Bonchev–Trinajstić information content (AvgIpc) is 3.65. The summed E-state index contributed by atoms with van der Waals surface area (Å²) in [7, 11) is 0. The van der Waals surface area contributed by atoms with Crippen LogP contribution in [0, 0.1) is 29.1 Å². The van der Waals surface area contributed by atoms with E-state index in [0.29, 0.717) is 71.4 Å². The lowest BCUT2D eigenvalue weighted by Crippen LogP contribution is -2.55. The minimum atomic E-state index is -4.68. The molecular formula is C33H39F3O6. The van der Waals surface area contributed by atoms with Gasteiger partial charge >= 0.3 is 6.18 Å². The lowest BCUT2D eigenvalue weighted by molar-refractivity contribution is -0.208. The molecule has 3 saturated carbocycles. The van der Waals surface area contributed by atoms with Gasteiger partial charge in [0.05, 0.1) is 32.0 Å². The van der Waals surface area contributed by atoms with Gasteiger partial charge in [-0.3, -0.25) is 0 Å². The summed E-state index contributed by atoms with van der Waals surface area (Å²) in [5.41, 5.74) is 0.451. The fourth-order valence-corrected chi connectivity index (χ4v) is 9.40. The van der Waals surface area contributed by atoms with E-state index in [1.54, 1.807) is 0 Å². The second kappa shape index (κ2) is 9.53. The Morgan fingerprint density at radius 2 is 1.55 bits per heavy atom. The van der Waals surface area contributed by atoms with Crippen LogP contribution in [0.15, 0.2) is 35.4 Å². The van der Waals surface area contributed by atoms with Crippen LogP contribution >= 0.6 is 0 Å². The van der Waals surface area contributed by atoms with Crippen molar-refractivity contribution in [3.8, 4) is 11.8 Å². The topological polar surface area (TPSA) is 77.4 Å². The fourth-order valence-electron chi connectivity index (χ4n) is 9.40. The van der Waals surface area contributed by atoms with E-state index in [4.69, 9.17) is 18.9 Å². The molecule has 1 aromatic carbocycles. The van der Waals surface area contributed by atoms with Crippen molar-refractivity contribution in [2.24, 2.45) is 17.3 Å². The second-order valence-electron chi connectivity index (χ2n) is 13.6. The number of rotatable bonds is 2. The largest absolute Gasteiger partial charge is 0.457 e. The van der Waals surface area contributed by atoms with Crippen molar-refractivity contribution < 1.29 is 42.3 Å². The van der Waals surface area contributed by atoms with Crippen molar-refractivity contribution in [3.05, 3.63) is 46.5 Å². The highest BCUT2D eigenvalue weighted by Crippen LogP contribution is 2.68. The van der Waals surface area contributed by atoms with Crippen molar-refractivity contribution in [2.45, 2.75) is 100 Å². The second-order valence-corrected chi connectivity index (χ2v) is 13.6. The molecule has 6 aliphatic rings. The van der Waals surface area contributed by atoms with Gasteiger partial charge in [0.2, 0.25) is 0 Å². The minimum absolute atomic E-state index is 0.0314. The van der Waals surface area contributed by atoms with E-state index in [1.807, 2.05) is 38.1 Å². The van der Waals surface area contributed by atoms with E-state index in [2.05, 4.69) is 5.92 Å². The molecule has 0 radical (unpaired) electrons. The van der Waals surface area contributed by atoms with Crippen LogP contribution in [0.2, 0.25) is 0 Å². The van der Waals surface area contributed by atoms with Crippen molar-refractivity contribution in [1.82, 2.24) is 0 Å². The van der Waals surface area contributed by atoms with Gasteiger partial charge in [-0.2, -0.15) is 13.2 Å². The lowest BCUT2D eigenvalue weighted by atomic mass is 9.49. The predicted octanol–water partition coefficient (Wildman–Crippen LogP) is 5.47. The molecule has 6 atom stereocenters. The monoisotopic (exact) mass is 588 g/mol. The molecule has 4 aliphatic carbocycles. The van der Waals surface area contributed by atoms with Crippen LogP contribution in [0.3, 0.4) is 0 Å². The Hall–Kier alpha value is -1.93. The van der Waals surface area contributed by atoms with Crippen molar-refractivity contribution in [3.63, 3.8) is 0 Å². The summed E-state index contributed by atoms with van der Waals surface area (Å²) in [6, 6.07) is 8.07. The summed E-state index contributed by atoms with van der Waals surface area (Å²) in [6.45, 7) is 5.89. The first-order chi connectivity index (χ1) is 19.8. The third kappa shape index (κ3) is 4.40. The molecule has 0 amide bonds. The number of allylic oxidation sites excluding steroid dienone is 1. The standard InChI is InChI=1S/C33H39F3O6/c1-28-19-24(21-3-5-22(6-4-21)29(2)39-15-16-40-29)27-23(25(28)8-11-31(28,38)13-14-33(34,35)36)7-10-30(37)20-32(12-9-26(27)30)41-17-18-42-32/h3-6,23-25,37-38H,7-12,15-20H2,1-2H3/t23-,24+,25-,28-,30+,31+/m0/s1. The molecule has 2 saturated heterocycles. The van der Waals surface area contributed by atoms with Gasteiger partial charge in [-0.15, -0.1) is 0 Å². The van der Waals surface area contributed by atoms with Gasteiger partial charge in [0.15, 0.2) is 11.6 Å². The van der Waals surface area contributed by atoms with Crippen molar-refractivity contribution in [1.29, 1.82) is 0 Å². The van der Waals surface area contributed by atoms with E-state index in [-0.39, 0.29) is 24.2 Å². The van der Waals surface area contributed by atoms with Crippen molar-refractivity contribution >= 4 is 0 Å². The van der Waals surface area contributed by atoms with Crippen LogP contribution in [0.25, 0.3) is 0 Å². The first-order valence-electron chi connectivity index (χ1n) is 15.2. The molecule has 9 heteroatoms. The third-order valence-electron chi connectivity index (χ3n) is 11.5. The number of ether oxygens (including phenoxy) is 4. The molecule has 2 N–H and O–H groups in total. The minimum Gasteiger partial charge on any atom is -0.385 e.